The Bertz CT molecular complexity index is 330. The quantitative estimate of drug-likeness (QED) is 0.390. The van der Waals surface area contributed by atoms with Crippen molar-refractivity contribution < 1.29 is 9.53 Å². The molecule has 0 aromatic rings. The largest absolute Gasteiger partial charge is 0.465 e. The fourth-order valence-electron chi connectivity index (χ4n) is 2.18. The lowest BCUT2D eigenvalue weighted by molar-refractivity contribution is -0.135. The molecule has 0 radical (unpaired) electrons. The van der Waals surface area contributed by atoms with Crippen LogP contribution in [0.25, 0.3) is 0 Å². The molecule has 0 aromatic carbocycles. The van der Waals surface area contributed by atoms with Gasteiger partial charge in [-0.25, -0.2) is 4.79 Å². The van der Waals surface area contributed by atoms with E-state index in [0.717, 1.165) is 5.57 Å². The third kappa shape index (κ3) is 3.37. The fraction of sp³-hybridized carbons (Fsp3) is 0.692. The molecule has 0 saturated heterocycles. The summed E-state index contributed by atoms with van der Waals surface area (Å²) in [6, 6.07) is 1.97. The highest BCUT2D eigenvalue weighted by Gasteiger charge is 2.33. The monoisotopic (exact) mass is 223 g/mol. The summed E-state index contributed by atoms with van der Waals surface area (Å²) in [5.41, 5.74) is 0.478. The van der Waals surface area contributed by atoms with Gasteiger partial charge in [-0.3, -0.25) is 0 Å². The van der Waals surface area contributed by atoms with Gasteiger partial charge in [-0.1, -0.05) is 41.5 Å². The van der Waals surface area contributed by atoms with Crippen molar-refractivity contribution in [1.82, 2.24) is 0 Å². The van der Waals surface area contributed by atoms with Crippen LogP contribution in [0.3, 0.4) is 0 Å². The highest BCUT2D eigenvalue weighted by atomic mass is 16.5. The van der Waals surface area contributed by atoms with Crippen molar-refractivity contribution in [1.29, 1.82) is 5.26 Å². The van der Waals surface area contributed by atoms with E-state index in [9.17, 15) is 4.79 Å². The van der Waals surface area contributed by atoms with Crippen LogP contribution in [-0.4, -0.2) is 13.1 Å². The molecule has 0 N–H and O–H groups in total. The summed E-state index contributed by atoms with van der Waals surface area (Å²) in [5, 5.41) is 9.12. The predicted molar refractivity (Wildman–Crippen MR) is 63.6 cm³/mol. The predicted octanol–water partition coefficient (Wildman–Crippen LogP) is 3.07. The van der Waals surface area contributed by atoms with E-state index in [-0.39, 0.29) is 16.4 Å². The van der Waals surface area contributed by atoms with Crippen LogP contribution < -0.4 is 0 Å². The summed E-state index contributed by atoms with van der Waals surface area (Å²) in [7, 11) is 1.29. The Balaban J connectivity index is 5.93. The first-order valence-corrected chi connectivity index (χ1v) is 5.29. The van der Waals surface area contributed by atoms with Crippen LogP contribution in [-0.2, 0) is 9.53 Å². The van der Waals surface area contributed by atoms with Crippen molar-refractivity contribution in [2.45, 2.75) is 41.5 Å². The van der Waals surface area contributed by atoms with Crippen molar-refractivity contribution in [3.05, 3.63) is 11.1 Å². The Morgan fingerprint density at radius 3 is 1.62 bits per heavy atom. The first kappa shape index (κ1) is 14.7. The van der Waals surface area contributed by atoms with Gasteiger partial charge in [0.15, 0.2) is 0 Å². The average molecular weight is 223 g/mol. The fourth-order valence-corrected chi connectivity index (χ4v) is 2.18. The second-order valence-electron chi connectivity index (χ2n) is 5.85. The Morgan fingerprint density at radius 2 is 1.44 bits per heavy atom. The van der Waals surface area contributed by atoms with Gasteiger partial charge in [0.05, 0.1) is 7.11 Å². The van der Waals surface area contributed by atoms with E-state index in [2.05, 4.69) is 4.74 Å². The summed E-state index contributed by atoms with van der Waals surface area (Å²) in [6.45, 7) is 12.0. The van der Waals surface area contributed by atoms with Gasteiger partial charge in [0.1, 0.15) is 11.6 Å². The molecule has 0 rings (SSSR count). The van der Waals surface area contributed by atoms with E-state index in [4.69, 9.17) is 5.26 Å². The Morgan fingerprint density at radius 1 is 1.06 bits per heavy atom. The second-order valence-corrected chi connectivity index (χ2v) is 5.85. The van der Waals surface area contributed by atoms with Gasteiger partial charge in [0.25, 0.3) is 0 Å². The molecule has 90 valence electrons. The smallest absolute Gasteiger partial charge is 0.348 e. The summed E-state index contributed by atoms with van der Waals surface area (Å²) < 4.78 is 4.66. The lowest BCUT2D eigenvalue weighted by Gasteiger charge is -2.34. The maximum absolute atomic E-state index is 11.6. The number of rotatable bonds is 1. The zero-order chi connectivity index (χ0) is 13.1. The van der Waals surface area contributed by atoms with Gasteiger partial charge in [-0.15, -0.1) is 0 Å². The summed E-state index contributed by atoms with van der Waals surface area (Å²) in [4.78, 5) is 11.6. The van der Waals surface area contributed by atoms with Crippen molar-refractivity contribution in [3.8, 4) is 6.07 Å². The van der Waals surface area contributed by atoms with E-state index < -0.39 is 5.97 Å². The first-order valence-electron chi connectivity index (χ1n) is 5.29. The minimum absolute atomic E-state index is 0.127. The molecule has 0 spiro atoms. The van der Waals surface area contributed by atoms with Crippen LogP contribution in [0.4, 0.5) is 0 Å². The normalized spacial score (nSPS) is 11.6. The third-order valence-corrected chi connectivity index (χ3v) is 2.25. The molecule has 0 aliphatic rings. The lowest BCUT2D eigenvalue weighted by Crippen LogP contribution is -2.26. The van der Waals surface area contributed by atoms with Crippen LogP contribution in [0.15, 0.2) is 11.1 Å². The van der Waals surface area contributed by atoms with E-state index in [1.807, 2.05) is 47.6 Å². The number of ether oxygens (including phenoxy) is 1. The van der Waals surface area contributed by atoms with Crippen molar-refractivity contribution in [3.63, 3.8) is 0 Å². The summed E-state index contributed by atoms with van der Waals surface area (Å²) >= 11 is 0. The molecular weight excluding hydrogens is 202 g/mol. The van der Waals surface area contributed by atoms with Gasteiger partial charge in [0, 0.05) is 0 Å². The Labute approximate surface area is 98.1 Å². The molecule has 16 heavy (non-hydrogen) atoms. The van der Waals surface area contributed by atoms with E-state index in [1.54, 1.807) is 0 Å². The topological polar surface area (TPSA) is 50.1 Å². The maximum Gasteiger partial charge on any atom is 0.348 e. The van der Waals surface area contributed by atoms with Gasteiger partial charge in [-0.05, 0) is 16.4 Å². The minimum atomic E-state index is -0.553. The van der Waals surface area contributed by atoms with Crippen LogP contribution in [0, 0.1) is 22.2 Å². The van der Waals surface area contributed by atoms with E-state index in [0.29, 0.717) is 0 Å². The highest BCUT2D eigenvalue weighted by molar-refractivity contribution is 5.94. The van der Waals surface area contributed by atoms with E-state index in [1.165, 1.54) is 7.11 Å². The zero-order valence-corrected chi connectivity index (χ0v) is 11.3. The molecule has 0 saturated carbocycles. The number of nitriles is 1. The van der Waals surface area contributed by atoms with Gasteiger partial charge < -0.3 is 4.74 Å². The zero-order valence-electron chi connectivity index (χ0n) is 11.3. The van der Waals surface area contributed by atoms with Crippen molar-refractivity contribution >= 4 is 5.97 Å². The lowest BCUT2D eigenvalue weighted by atomic mass is 9.70. The number of carbonyl (C=O) groups excluding carboxylic acids is 1. The first-order chi connectivity index (χ1) is 7.05. The van der Waals surface area contributed by atoms with E-state index >= 15 is 0 Å². The van der Waals surface area contributed by atoms with Gasteiger partial charge in [-0.2, -0.15) is 5.26 Å². The molecule has 0 fully saturated rings. The molecule has 0 atom stereocenters. The maximum atomic E-state index is 11.6. The average Bonchev–Trinajstić information content (AvgIpc) is 2.08. The van der Waals surface area contributed by atoms with Crippen molar-refractivity contribution in [2.24, 2.45) is 10.8 Å². The molecule has 0 unspecified atom stereocenters. The second kappa shape index (κ2) is 4.69. The van der Waals surface area contributed by atoms with Crippen LogP contribution in [0.5, 0.6) is 0 Å². The molecule has 0 aromatic heterocycles. The van der Waals surface area contributed by atoms with Gasteiger partial charge >= 0.3 is 5.97 Å². The number of esters is 1. The Hall–Kier alpha value is -1.30. The van der Waals surface area contributed by atoms with Crippen LogP contribution in [0.2, 0.25) is 0 Å². The molecule has 0 aliphatic carbocycles. The SMILES string of the molecule is COC(=O)C(C#N)=C(C(C)(C)C)C(C)(C)C. The van der Waals surface area contributed by atoms with Gasteiger partial charge in [0.2, 0.25) is 0 Å². The van der Waals surface area contributed by atoms with Crippen LogP contribution >= 0.6 is 0 Å². The Kier molecular flexibility index (Phi) is 4.31. The number of carbonyl (C=O) groups is 1. The number of methoxy groups -OCH3 is 1. The highest BCUT2D eigenvalue weighted by Crippen LogP contribution is 2.41. The number of hydrogen-bond acceptors (Lipinski definition) is 3. The minimum Gasteiger partial charge on any atom is -0.465 e. The third-order valence-electron chi connectivity index (χ3n) is 2.25. The molecule has 0 heterocycles. The number of allylic oxidation sites excluding steroid dienone is 1. The standard InChI is InChI=1S/C13H21NO2/c1-12(2,3)10(13(4,5)6)9(8-14)11(15)16-7/h1-7H3. The summed E-state index contributed by atoms with van der Waals surface area (Å²) in [5.74, 6) is -0.553. The van der Waals surface area contributed by atoms with Crippen LogP contribution in [0.1, 0.15) is 41.5 Å². The van der Waals surface area contributed by atoms with Crippen molar-refractivity contribution in [2.75, 3.05) is 7.11 Å². The molecule has 0 bridgehead atoms. The molecule has 0 aliphatic heterocycles. The number of nitrogens with zero attached hydrogens (tertiary/aromatic N) is 1. The molecular formula is C13H21NO2. The number of hydrogen-bond donors (Lipinski definition) is 0. The molecule has 0 amide bonds. The summed E-state index contributed by atoms with van der Waals surface area (Å²) in [6.07, 6.45) is 0. The molecule has 3 nitrogen and oxygen atoms in total. The molecule has 3 heteroatoms.